The minimum Gasteiger partial charge on any atom is -0.390 e. The number of thioether (sulfide) groups is 1. The van der Waals surface area contributed by atoms with Crippen LogP contribution in [0.1, 0.15) is 45.4 Å². The third-order valence-corrected chi connectivity index (χ3v) is 10.8. The van der Waals surface area contributed by atoms with Crippen LogP contribution in [-0.4, -0.2) is 41.2 Å². The number of likely N-dealkylation sites (tertiary alicyclic amines) is 1. The van der Waals surface area contributed by atoms with Gasteiger partial charge in [0, 0.05) is 41.7 Å². The summed E-state index contributed by atoms with van der Waals surface area (Å²) in [7, 11) is 0. The maximum atomic E-state index is 8.03. The number of hydrogen-bond acceptors (Lipinski definition) is 5. The SMILES string of the molecule is CCC(C=N)C1C=C(C2=CNCC2)N=C(C2=CC=C(N3C4C=CC=CC4C4C5=C(C=CC43)CCS5)CC2)C1. The van der Waals surface area contributed by atoms with Gasteiger partial charge in [0.15, 0.2) is 0 Å². The summed E-state index contributed by atoms with van der Waals surface area (Å²) in [4.78, 5) is 9.63. The van der Waals surface area contributed by atoms with Gasteiger partial charge < -0.3 is 15.6 Å². The van der Waals surface area contributed by atoms with Gasteiger partial charge in [-0.2, -0.15) is 0 Å². The van der Waals surface area contributed by atoms with Gasteiger partial charge in [0.05, 0.1) is 17.8 Å². The Balaban J connectivity index is 1.19. The molecule has 4 aliphatic heterocycles. The molecular weight excluding hydrogens is 484 g/mol. The second-order valence-electron chi connectivity index (χ2n) is 11.5. The molecule has 38 heavy (non-hydrogen) atoms. The number of hydrogen-bond donors (Lipinski definition) is 2. The molecule has 0 saturated carbocycles. The number of allylic oxidation sites excluding steroid dienone is 10. The Labute approximate surface area is 231 Å². The Kier molecular flexibility index (Phi) is 6.43. The number of nitrogens with zero attached hydrogens (tertiary/aromatic N) is 2. The van der Waals surface area contributed by atoms with E-state index in [1.807, 2.05) is 0 Å². The van der Waals surface area contributed by atoms with Gasteiger partial charge in [0.1, 0.15) is 0 Å². The maximum absolute atomic E-state index is 8.03. The Morgan fingerprint density at radius 1 is 1.11 bits per heavy atom. The second kappa shape index (κ2) is 10.1. The van der Waals surface area contributed by atoms with Gasteiger partial charge in [-0.05, 0) is 84.3 Å². The summed E-state index contributed by atoms with van der Waals surface area (Å²) >= 11 is 2.11. The molecule has 4 nitrogen and oxygen atoms in total. The zero-order chi connectivity index (χ0) is 25.6. The summed E-state index contributed by atoms with van der Waals surface area (Å²) in [6.07, 6.45) is 31.6. The van der Waals surface area contributed by atoms with Crippen molar-refractivity contribution in [1.82, 2.24) is 10.2 Å². The van der Waals surface area contributed by atoms with Crippen molar-refractivity contribution in [3.63, 3.8) is 0 Å². The molecule has 3 aliphatic carbocycles. The van der Waals surface area contributed by atoms with Crippen molar-refractivity contribution in [3.8, 4) is 0 Å². The van der Waals surface area contributed by atoms with Gasteiger partial charge in [-0.15, -0.1) is 11.8 Å². The van der Waals surface area contributed by atoms with Crippen LogP contribution in [0.25, 0.3) is 0 Å². The van der Waals surface area contributed by atoms with Gasteiger partial charge in [-0.1, -0.05) is 55.5 Å². The average Bonchev–Trinajstić information content (AvgIpc) is 3.72. The lowest BCUT2D eigenvalue weighted by molar-refractivity contribution is 0.290. The van der Waals surface area contributed by atoms with Crippen LogP contribution < -0.4 is 5.32 Å². The van der Waals surface area contributed by atoms with E-state index in [1.165, 1.54) is 34.7 Å². The fourth-order valence-electron chi connectivity index (χ4n) is 7.60. The number of aliphatic imine (C=N–C) groups is 1. The molecule has 1 fully saturated rings. The highest BCUT2D eigenvalue weighted by Crippen LogP contribution is 2.54. The van der Waals surface area contributed by atoms with Crippen LogP contribution in [-0.2, 0) is 0 Å². The lowest BCUT2D eigenvalue weighted by Crippen LogP contribution is -2.37. The van der Waals surface area contributed by atoms with Crippen molar-refractivity contribution >= 4 is 23.7 Å². The van der Waals surface area contributed by atoms with Crippen molar-refractivity contribution in [1.29, 1.82) is 5.41 Å². The zero-order valence-corrected chi connectivity index (χ0v) is 23.1. The summed E-state index contributed by atoms with van der Waals surface area (Å²) in [6.45, 7) is 3.20. The summed E-state index contributed by atoms with van der Waals surface area (Å²) < 4.78 is 0. The van der Waals surface area contributed by atoms with Crippen molar-refractivity contribution in [3.05, 3.63) is 93.9 Å². The summed E-state index contributed by atoms with van der Waals surface area (Å²) in [5.41, 5.74) is 8.14. The van der Waals surface area contributed by atoms with Gasteiger partial charge in [0.2, 0.25) is 0 Å². The molecule has 0 aromatic carbocycles. The minimum atomic E-state index is 0.274. The molecular formula is C33H38N4S. The largest absolute Gasteiger partial charge is 0.390 e. The van der Waals surface area contributed by atoms with Crippen molar-refractivity contribution in [2.75, 3.05) is 12.3 Å². The standard InChI is InChI=1S/C33H38N4S/c1-2-21(19-34)25-17-28(36-29(18-25)24-13-15-35-20-24)22-7-10-26(11-8-22)37-30-6-4-3-5-27(30)32-31(37)12-9-23-14-16-38-33(23)32/h3-7,9-10,12,18-21,25,27,30-32,34-35H,2,8,11,13-17H2,1H3. The molecule has 7 rings (SSSR count). The molecule has 0 bridgehead atoms. The van der Waals surface area contributed by atoms with Crippen LogP contribution in [0.2, 0.25) is 0 Å². The fourth-order valence-corrected chi connectivity index (χ4v) is 8.98. The highest BCUT2D eigenvalue weighted by molar-refractivity contribution is 8.03. The lowest BCUT2D eigenvalue weighted by Gasteiger charge is -2.36. The number of nitrogens with one attached hydrogen (secondary N) is 2. The van der Waals surface area contributed by atoms with Crippen LogP contribution in [0, 0.1) is 29.1 Å². The molecule has 5 heteroatoms. The third-order valence-electron chi connectivity index (χ3n) is 9.58. The molecule has 1 saturated heterocycles. The molecule has 0 aromatic rings. The molecule has 2 N–H and O–H groups in total. The molecule has 0 aromatic heterocycles. The smallest absolute Gasteiger partial charge is 0.0643 e. The van der Waals surface area contributed by atoms with Crippen LogP contribution in [0.5, 0.6) is 0 Å². The van der Waals surface area contributed by atoms with E-state index in [4.69, 9.17) is 10.4 Å². The van der Waals surface area contributed by atoms with Gasteiger partial charge in [-0.25, -0.2) is 0 Å². The first kappa shape index (κ1) is 24.3. The number of rotatable bonds is 6. The van der Waals surface area contributed by atoms with Crippen LogP contribution in [0.15, 0.2) is 98.9 Å². The van der Waals surface area contributed by atoms with E-state index in [0.29, 0.717) is 29.8 Å². The van der Waals surface area contributed by atoms with E-state index in [0.717, 1.165) is 44.3 Å². The average molecular weight is 523 g/mol. The highest BCUT2D eigenvalue weighted by Gasteiger charge is 2.50. The van der Waals surface area contributed by atoms with Crippen molar-refractivity contribution in [2.24, 2.45) is 28.7 Å². The Hall–Kier alpha value is -2.79. The fraction of sp³-hybridized carbons (Fsp3) is 0.455. The number of fused-ring (bicyclic) bond motifs is 4. The van der Waals surface area contributed by atoms with Crippen LogP contribution >= 0.6 is 11.8 Å². The predicted molar refractivity (Wildman–Crippen MR) is 160 cm³/mol. The Morgan fingerprint density at radius 2 is 2.03 bits per heavy atom. The first-order valence-electron chi connectivity index (χ1n) is 14.6. The summed E-state index contributed by atoms with van der Waals surface area (Å²) in [6, 6.07) is 0.896. The topological polar surface area (TPSA) is 51.5 Å². The Morgan fingerprint density at radius 3 is 2.82 bits per heavy atom. The normalized spacial score (nSPS) is 34.0. The molecule has 4 heterocycles. The van der Waals surface area contributed by atoms with Gasteiger partial charge in [0.25, 0.3) is 0 Å². The monoisotopic (exact) mass is 522 g/mol. The molecule has 7 aliphatic rings. The van der Waals surface area contributed by atoms with E-state index in [9.17, 15) is 0 Å². The second-order valence-corrected chi connectivity index (χ2v) is 12.7. The maximum Gasteiger partial charge on any atom is 0.0643 e. The van der Waals surface area contributed by atoms with E-state index < -0.39 is 0 Å². The predicted octanol–water partition coefficient (Wildman–Crippen LogP) is 6.86. The summed E-state index contributed by atoms with van der Waals surface area (Å²) in [5.74, 6) is 3.03. The third kappa shape index (κ3) is 4.05. The molecule has 0 spiro atoms. The Bertz CT molecular complexity index is 1300. The van der Waals surface area contributed by atoms with Crippen molar-refractivity contribution in [2.45, 2.75) is 57.5 Å². The molecule has 0 radical (unpaired) electrons. The van der Waals surface area contributed by atoms with Crippen LogP contribution in [0.4, 0.5) is 0 Å². The molecule has 196 valence electrons. The first-order chi connectivity index (χ1) is 18.7. The van der Waals surface area contributed by atoms with E-state index in [1.54, 1.807) is 16.7 Å². The van der Waals surface area contributed by atoms with Crippen molar-refractivity contribution < 1.29 is 0 Å². The summed E-state index contributed by atoms with van der Waals surface area (Å²) in [5, 5.41) is 11.4. The van der Waals surface area contributed by atoms with Gasteiger partial charge in [-0.3, -0.25) is 4.99 Å². The lowest BCUT2D eigenvalue weighted by atomic mass is 9.81. The van der Waals surface area contributed by atoms with Gasteiger partial charge >= 0.3 is 0 Å². The van der Waals surface area contributed by atoms with E-state index in [-0.39, 0.29) is 5.92 Å². The quantitative estimate of drug-likeness (QED) is 0.375. The zero-order valence-electron chi connectivity index (χ0n) is 22.3. The van der Waals surface area contributed by atoms with Crippen LogP contribution in [0.3, 0.4) is 0 Å². The van der Waals surface area contributed by atoms with E-state index >= 15 is 0 Å². The minimum absolute atomic E-state index is 0.274. The molecule has 0 amide bonds. The molecule has 6 atom stereocenters. The van der Waals surface area contributed by atoms with E-state index in [2.05, 4.69) is 89.8 Å². The highest BCUT2D eigenvalue weighted by atomic mass is 32.2. The molecule has 6 unspecified atom stereocenters. The first-order valence-corrected chi connectivity index (χ1v) is 15.5.